The van der Waals surface area contributed by atoms with Gasteiger partial charge < -0.3 is 15.4 Å². The zero-order chi connectivity index (χ0) is 17.2. The van der Waals surface area contributed by atoms with Gasteiger partial charge in [0.15, 0.2) is 0 Å². The molecule has 1 aliphatic rings. The molecule has 1 aliphatic heterocycles. The van der Waals surface area contributed by atoms with Crippen molar-refractivity contribution in [2.24, 2.45) is 5.92 Å². The second-order valence-corrected chi connectivity index (χ2v) is 6.26. The summed E-state index contributed by atoms with van der Waals surface area (Å²) < 4.78 is 4.54. The van der Waals surface area contributed by atoms with Crippen LogP contribution in [0.3, 0.4) is 0 Å². The highest BCUT2D eigenvalue weighted by Gasteiger charge is 2.31. The lowest BCUT2D eigenvalue weighted by Crippen LogP contribution is -2.56. The van der Waals surface area contributed by atoms with Crippen LogP contribution in [0.5, 0.6) is 0 Å². The highest BCUT2D eigenvalue weighted by atomic mass is 16.5. The Kier molecular flexibility index (Phi) is 8.61. The molecule has 0 aromatic heterocycles. The molecule has 132 valence electrons. The molecule has 0 radical (unpaired) electrons. The number of methoxy groups -OCH3 is 1. The molecule has 1 saturated heterocycles. The van der Waals surface area contributed by atoms with E-state index in [0.717, 1.165) is 19.5 Å². The van der Waals surface area contributed by atoms with Crippen LogP contribution >= 0.6 is 0 Å². The number of ether oxygens (including phenoxy) is 1. The Labute approximate surface area is 138 Å². The van der Waals surface area contributed by atoms with Crippen LogP contribution < -0.4 is 10.6 Å². The Morgan fingerprint density at radius 2 is 2.17 bits per heavy atom. The summed E-state index contributed by atoms with van der Waals surface area (Å²) in [6, 6.07) is -0.400. The fraction of sp³-hybridized carbons (Fsp3) is 0.812. The molecule has 0 aromatic carbocycles. The molecule has 0 unspecified atom stereocenters. The summed E-state index contributed by atoms with van der Waals surface area (Å²) in [5, 5.41) is 5.59. The minimum atomic E-state index is -0.400. The van der Waals surface area contributed by atoms with Gasteiger partial charge in [-0.1, -0.05) is 13.8 Å². The molecule has 7 heteroatoms. The van der Waals surface area contributed by atoms with Gasteiger partial charge in [0.2, 0.25) is 11.8 Å². The van der Waals surface area contributed by atoms with Crippen molar-refractivity contribution >= 4 is 17.8 Å². The van der Waals surface area contributed by atoms with E-state index in [2.05, 4.69) is 34.1 Å². The Hall–Kier alpha value is -1.63. The van der Waals surface area contributed by atoms with Crippen molar-refractivity contribution in [3.8, 4) is 0 Å². The topological polar surface area (TPSA) is 87.7 Å². The van der Waals surface area contributed by atoms with Gasteiger partial charge in [-0.2, -0.15) is 0 Å². The number of carbonyl (C=O) groups is 3. The Bertz CT molecular complexity index is 412. The van der Waals surface area contributed by atoms with Crippen molar-refractivity contribution in [3.05, 3.63) is 0 Å². The quantitative estimate of drug-likeness (QED) is 0.469. The molecule has 0 spiro atoms. The van der Waals surface area contributed by atoms with Crippen LogP contribution in [0.2, 0.25) is 0 Å². The maximum Gasteiger partial charge on any atom is 0.305 e. The molecule has 0 saturated carbocycles. The van der Waals surface area contributed by atoms with Gasteiger partial charge in [0, 0.05) is 26.1 Å². The van der Waals surface area contributed by atoms with Gasteiger partial charge in [0.25, 0.3) is 0 Å². The van der Waals surface area contributed by atoms with Crippen LogP contribution in [0.1, 0.15) is 39.5 Å². The molecule has 23 heavy (non-hydrogen) atoms. The van der Waals surface area contributed by atoms with Crippen molar-refractivity contribution < 1.29 is 19.1 Å². The van der Waals surface area contributed by atoms with Crippen LogP contribution in [0.25, 0.3) is 0 Å². The van der Waals surface area contributed by atoms with Crippen molar-refractivity contribution in [1.29, 1.82) is 0 Å². The lowest BCUT2D eigenvalue weighted by Gasteiger charge is -2.35. The number of hydrogen-bond acceptors (Lipinski definition) is 5. The minimum Gasteiger partial charge on any atom is -0.469 e. The number of piperazine rings is 1. The van der Waals surface area contributed by atoms with Gasteiger partial charge in [0.1, 0.15) is 0 Å². The molecule has 0 aliphatic carbocycles. The fourth-order valence-corrected chi connectivity index (χ4v) is 2.49. The molecule has 1 fully saturated rings. The number of esters is 1. The summed E-state index contributed by atoms with van der Waals surface area (Å²) in [6.07, 6.45) is 1.97. The number of rotatable bonds is 9. The van der Waals surface area contributed by atoms with Crippen LogP contribution in [0.4, 0.5) is 0 Å². The Morgan fingerprint density at radius 3 is 2.83 bits per heavy atom. The lowest BCUT2D eigenvalue weighted by atomic mass is 10.1. The van der Waals surface area contributed by atoms with Crippen molar-refractivity contribution in [2.75, 3.05) is 33.3 Å². The second-order valence-electron chi connectivity index (χ2n) is 6.26. The zero-order valence-corrected chi connectivity index (χ0v) is 14.4. The number of hydrogen-bond donors (Lipinski definition) is 2. The first kappa shape index (κ1) is 19.4. The van der Waals surface area contributed by atoms with Gasteiger partial charge in [-0.15, -0.1) is 0 Å². The number of carbonyl (C=O) groups excluding carboxylic acids is 3. The van der Waals surface area contributed by atoms with E-state index in [1.165, 1.54) is 7.11 Å². The number of nitrogens with zero attached hydrogens (tertiary/aromatic N) is 1. The summed E-state index contributed by atoms with van der Waals surface area (Å²) in [7, 11) is 1.34. The molecule has 2 N–H and O–H groups in total. The SMILES string of the molecule is COC(=O)CCCNC(=O)C[C@@H]1C(=O)NCCN1CCC(C)C. The van der Waals surface area contributed by atoms with Crippen LogP contribution in [0, 0.1) is 5.92 Å². The second kappa shape index (κ2) is 10.2. The van der Waals surface area contributed by atoms with Crippen molar-refractivity contribution in [2.45, 2.75) is 45.6 Å². The van der Waals surface area contributed by atoms with E-state index in [1.807, 2.05) is 0 Å². The maximum absolute atomic E-state index is 12.0. The highest BCUT2D eigenvalue weighted by molar-refractivity contribution is 5.88. The molecule has 1 heterocycles. The summed E-state index contributed by atoms with van der Waals surface area (Å²) >= 11 is 0. The first-order valence-electron chi connectivity index (χ1n) is 8.29. The van der Waals surface area contributed by atoms with Crippen molar-refractivity contribution in [1.82, 2.24) is 15.5 Å². The molecule has 0 aromatic rings. The third-order valence-corrected chi connectivity index (χ3v) is 3.92. The van der Waals surface area contributed by atoms with E-state index in [-0.39, 0.29) is 30.6 Å². The molecular weight excluding hydrogens is 298 g/mol. The minimum absolute atomic E-state index is 0.0790. The molecular formula is C16H29N3O4. The van der Waals surface area contributed by atoms with E-state index in [0.29, 0.717) is 25.4 Å². The van der Waals surface area contributed by atoms with E-state index in [4.69, 9.17) is 0 Å². The summed E-state index contributed by atoms with van der Waals surface area (Å²) in [4.78, 5) is 37.2. The molecule has 2 amide bonds. The normalized spacial score (nSPS) is 18.6. The summed E-state index contributed by atoms with van der Waals surface area (Å²) in [5.41, 5.74) is 0. The van der Waals surface area contributed by atoms with Gasteiger partial charge >= 0.3 is 5.97 Å². The zero-order valence-electron chi connectivity index (χ0n) is 14.4. The smallest absolute Gasteiger partial charge is 0.305 e. The van der Waals surface area contributed by atoms with E-state index in [9.17, 15) is 14.4 Å². The monoisotopic (exact) mass is 327 g/mol. The number of nitrogens with one attached hydrogen (secondary N) is 2. The van der Waals surface area contributed by atoms with Gasteiger partial charge in [-0.3, -0.25) is 19.3 Å². The van der Waals surface area contributed by atoms with E-state index >= 15 is 0 Å². The largest absolute Gasteiger partial charge is 0.469 e. The fourth-order valence-electron chi connectivity index (χ4n) is 2.49. The van der Waals surface area contributed by atoms with Crippen molar-refractivity contribution in [3.63, 3.8) is 0 Å². The van der Waals surface area contributed by atoms with Gasteiger partial charge in [-0.05, 0) is 25.3 Å². The van der Waals surface area contributed by atoms with E-state index < -0.39 is 6.04 Å². The Morgan fingerprint density at radius 1 is 1.43 bits per heavy atom. The average Bonchev–Trinajstić information content (AvgIpc) is 2.51. The molecule has 1 rings (SSSR count). The third kappa shape index (κ3) is 7.45. The molecule has 0 bridgehead atoms. The third-order valence-electron chi connectivity index (χ3n) is 3.92. The summed E-state index contributed by atoms with van der Waals surface area (Å²) in [6.45, 7) is 6.94. The Balaban J connectivity index is 2.38. The lowest BCUT2D eigenvalue weighted by molar-refractivity contribution is -0.140. The van der Waals surface area contributed by atoms with Crippen LogP contribution in [-0.4, -0.2) is 62.0 Å². The standard InChI is InChI=1S/C16H29N3O4/c1-12(2)6-9-19-10-8-18-16(22)13(19)11-14(20)17-7-4-5-15(21)23-3/h12-13H,4-11H2,1-3H3,(H,17,20)(H,18,22)/t13-/m1/s1. The molecule has 1 atom stereocenters. The predicted molar refractivity (Wildman–Crippen MR) is 86.7 cm³/mol. The van der Waals surface area contributed by atoms with E-state index in [1.54, 1.807) is 0 Å². The predicted octanol–water partition coefficient (Wildman–Crippen LogP) is 0.292. The summed E-state index contributed by atoms with van der Waals surface area (Å²) in [5.74, 6) is 0.0368. The average molecular weight is 327 g/mol. The van der Waals surface area contributed by atoms with Crippen LogP contribution in [0.15, 0.2) is 0 Å². The van der Waals surface area contributed by atoms with Gasteiger partial charge in [0.05, 0.1) is 19.6 Å². The first-order valence-corrected chi connectivity index (χ1v) is 8.29. The number of amides is 2. The molecule has 7 nitrogen and oxygen atoms in total. The highest BCUT2D eigenvalue weighted by Crippen LogP contribution is 2.12. The van der Waals surface area contributed by atoms with Gasteiger partial charge in [-0.25, -0.2) is 0 Å². The van der Waals surface area contributed by atoms with Crippen LogP contribution in [-0.2, 0) is 19.1 Å². The maximum atomic E-state index is 12.0. The first-order chi connectivity index (χ1) is 10.9.